The molecule has 1 heterocycles. The van der Waals surface area contributed by atoms with Crippen LogP contribution in [0.1, 0.15) is 32.3 Å². The number of quaternary nitrogens is 1. The number of hydrogen-bond acceptors (Lipinski definition) is 5. The zero-order valence-electron chi connectivity index (χ0n) is 19.0. The second-order valence-corrected chi connectivity index (χ2v) is 8.70. The molecule has 0 aliphatic carbocycles. The molecule has 1 aliphatic heterocycles. The van der Waals surface area contributed by atoms with Crippen molar-refractivity contribution in [3.8, 4) is 0 Å². The lowest BCUT2D eigenvalue weighted by Gasteiger charge is -2.49. The third-order valence-corrected chi connectivity index (χ3v) is 6.16. The molecule has 0 radical (unpaired) electrons. The summed E-state index contributed by atoms with van der Waals surface area (Å²) < 4.78 is -0.327. The maximum atomic E-state index is 12.9. The van der Waals surface area contributed by atoms with Gasteiger partial charge in [0.15, 0.2) is 0 Å². The van der Waals surface area contributed by atoms with E-state index in [9.17, 15) is 19.5 Å². The fourth-order valence-corrected chi connectivity index (χ4v) is 4.61. The molecule has 176 valence electrons. The third-order valence-electron chi connectivity index (χ3n) is 6.16. The predicted molar refractivity (Wildman–Crippen MR) is 122 cm³/mol. The van der Waals surface area contributed by atoms with Crippen molar-refractivity contribution in [1.29, 1.82) is 0 Å². The summed E-state index contributed by atoms with van der Waals surface area (Å²) >= 11 is 0. The molecule has 0 saturated carbocycles. The van der Waals surface area contributed by atoms with Gasteiger partial charge in [-0.25, -0.2) is 9.59 Å². The number of hydroxylamine groups is 3. The topological polar surface area (TPSA) is 104 Å². The quantitative estimate of drug-likeness (QED) is 0.491. The maximum Gasteiger partial charge on any atom is 0.473 e. The Hall–Kier alpha value is -3.23. The first-order valence-corrected chi connectivity index (χ1v) is 11.1. The van der Waals surface area contributed by atoms with E-state index in [1.165, 1.54) is 0 Å². The number of rotatable bonds is 7. The van der Waals surface area contributed by atoms with Crippen molar-refractivity contribution in [1.82, 2.24) is 0 Å². The molecule has 1 fully saturated rings. The van der Waals surface area contributed by atoms with Crippen molar-refractivity contribution in [3.63, 3.8) is 0 Å². The first kappa shape index (κ1) is 24.4. The molecule has 8 nitrogen and oxygen atoms in total. The van der Waals surface area contributed by atoms with Gasteiger partial charge in [-0.2, -0.15) is 0 Å². The number of likely N-dealkylation sites (tertiary alicyclic amines) is 1. The average Bonchev–Trinajstić information content (AvgIpc) is 2.80. The number of carboxylic acids is 1. The Labute approximate surface area is 193 Å². The van der Waals surface area contributed by atoms with Gasteiger partial charge in [-0.1, -0.05) is 55.5 Å². The summed E-state index contributed by atoms with van der Waals surface area (Å²) in [6.45, 7) is 3.92. The standard InChI is InChI=1S/C25H30N2O6/c1-3-22(28)26(20-12-8-5-9-13-20)21-15-17-27(18-25(21,2)32,33-24(31)23(29)30)16-14-19-10-6-4-7-11-19/h4-13,21,32H,3,14-18H2,1-2H3/p+1/t21-,25-,27?/m1/s1. The number of carbonyl (C=O) groups excluding carboxylic acids is 2. The van der Waals surface area contributed by atoms with Gasteiger partial charge in [0.05, 0.1) is 6.04 Å². The van der Waals surface area contributed by atoms with Gasteiger partial charge >= 0.3 is 11.9 Å². The van der Waals surface area contributed by atoms with Crippen LogP contribution in [0.15, 0.2) is 60.7 Å². The number of para-hydroxylation sites is 1. The highest BCUT2D eigenvalue weighted by molar-refractivity contribution is 6.28. The van der Waals surface area contributed by atoms with Crippen molar-refractivity contribution in [3.05, 3.63) is 66.2 Å². The maximum absolute atomic E-state index is 12.9. The summed E-state index contributed by atoms with van der Waals surface area (Å²) in [6, 6.07) is 18.2. The number of piperidine rings is 1. The number of aliphatic carboxylic acids is 1. The minimum absolute atomic E-state index is 0.0378. The molecule has 1 amide bonds. The van der Waals surface area contributed by atoms with Gasteiger partial charge in [-0.05, 0) is 24.6 Å². The Kier molecular flexibility index (Phi) is 7.50. The summed E-state index contributed by atoms with van der Waals surface area (Å²) in [4.78, 5) is 43.2. The van der Waals surface area contributed by atoms with E-state index >= 15 is 0 Å². The van der Waals surface area contributed by atoms with E-state index in [4.69, 9.17) is 9.94 Å². The average molecular weight is 456 g/mol. The normalized spacial score (nSPS) is 24.6. The minimum atomic E-state index is -1.68. The fourth-order valence-electron chi connectivity index (χ4n) is 4.61. The van der Waals surface area contributed by atoms with Crippen LogP contribution in [0.2, 0.25) is 0 Å². The van der Waals surface area contributed by atoms with Gasteiger partial charge in [0.2, 0.25) is 5.91 Å². The second kappa shape index (κ2) is 10.1. The van der Waals surface area contributed by atoms with Crippen LogP contribution in [0.25, 0.3) is 0 Å². The first-order valence-electron chi connectivity index (χ1n) is 11.1. The van der Waals surface area contributed by atoms with E-state index in [1.807, 2.05) is 60.7 Å². The van der Waals surface area contributed by atoms with Gasteiger partial charge in [-0.3, -0.25) is 9.63 Å². The molecule has 0 bridgehead atoms. The number of benzene rings is 2. The van der Waals surface area contributed by atoms with Crippen LogP contribution in [0.5, 0.6) is 0 Å². The van der Waals surface area contributed by atoms with E-state index in [-0.39, 0.29) is 30.1 Å². The highest BCUT2D eigenvalue weighted by atomic mass is 16.8. The molecule has 1 saturated heterocycles. The minimum Gasteiger partial charge on any atom is -0.473 e. The zero-order valence-corrected chi connectivity index (χ0v) is 19.0. The molecule has 2 N–H and O–H groups in total. The smallest absolute Gasteiger partial charge is 0.473 e. The van der Waals surface area contributed by atoms with Crippen molar-refractivity contribution in [2.45, 2.75) is 44.8 Å². The van der Waals surface area contributed by atoms with Crippen molar-refractivity contribution >= 4 is 23.5 Å². The molecular formula is C25H31N2O6+. The number of carbonyl (C=O) groups is 3. The van der Waals surface area contributed by atoms with Crippen LogP contribution in [-0.2, 0) is 25.6 Å². The van der Waals surface area contributed by atoms with Gasteiger partial charge < -0.3 is 15.1 Å². The molecule has 3 atom stereocenters. The molecule has 2 aromatic carbocycles. The van der Waals surface area contributed by atoms with E-state index in [2.05, 4.69) is 0 Å². The Morgan fingerprint density at radius 3 is 2.24 bits per heavy atom. The van der Waals surface area contributed by atoms with Crippen LogP contribution in [0.3, 0.4) is 0 Å². The molecule has 2 aromatic rings. The van der Waals surface area contributed by atoms with Crippen molar-refractivity contribution in [2.75, 3.05) is 24.5 Å². The van der Waals surface area contributed by atoms with Crippen LogP contribution in [-0.4, -0.2) is 64.0 Å². The Bertz CT molecular complexity index is 979. The number of nitrogens with zero attached hydrogens (tertiary/aromatic N) is 2. The number of amides is 1. The highest BCUT2D eigenvalue weighted by Crippen LogP contribution is 2.34. The Morgan fingerprint density at radius 1 is 1.09 bits per heavy atom. The van der Waals surface area contributed by atoms with Crippen molar-refractivity contribution < 1.29 is 34.1 Å². The lowest BCUT2D eigenvalue weighted by molar-refractivity contribution is -1.10. The molecule has 0 aromatic heterocycles. The van der Waals surface area contributed by atoms with Crippen LogP contribution in [0, 0.1) is 0 Å². The van der Waals surface area contributed by atoms with Gasteiger partial charge in [0.1, 0.15) is 25.2 Å². The molecule has 1 aliphatic rings. The fraction of sp³-hybridized carbons (Fsp3) is 0.400. The van der Waals surface area contributed by atoms with E-state index in [1.54, 1.807) is 18.7 Å². The molecular weight excluding hydrogens is 424 g/mol. The predicted octanol–water partition coefficient (Wildman–Crippen LogP) is 2.56. The van der Waals surface area contributed by atoms with E-state index in [0.29, 0.717) is 25.1 Å². The second-order valence-electron chi connectivity index (χ2n) is 8.70. The lowest BCUT2D eigenvalue weighted by atomic mass is 9.86. The van der Waals surface area contributed by atoms with Crippen LogP contribution >= 0.6 is 0 Å². The molecule has 8 heteroatoms. The molecule has 1 unspecified atom stereocenters. The Morgan fingerprint density at radius 2 is 1.70 bits per heavy atom. The Balaban J connectivity index is 1.90. The number of carboxylic acid groups (broad SMARTS) is 1. The number of anilines is 1. The molecule has 3 rings (SSSR count). The summed E-state index contributed by atoms with van der Waals surface area (Å²) in [7, 11) is 0. The summed E-state index contributed by atoms with van der Waals surface area (Å²) in [5.41, 5.74) is 0.255. The molecule has 0 spiro atoms. The summed E-state index contributed by atoms with van der Waals surface area (Å²) in [5, 5.41) is 20.7. The van der Waals surface area contributed by atoms with E-state index in [0.717, 1.165) is 5.56 Å². The molecule has 33 heavy (non-hydrogen) atoms. The lowest BCUT2D eigenvalue weighted by Crippen LogP contribution is -2.69. The summed E-state index contributed by atoms with van der Waals surface area (Å²) in [6.07, 6.45) is 1.13. The summed E-state index contributed by atoms with van der Waals surface area (Å²) in [5.74, 6) is -3.17. The van der Waals surface area contributed by atoms with Crippen LogP contribution in [0.4, 0.5) is 5.69 Å². The van der Waals surface area contributed by atoms with Crippen LogP contribution < -0.4 is 4.90 Å². The SMILES string of the molecule is CCC(=O)N(c1ccccc1)[C@@H]1CC[N+](CCc2ccccc2)(OC(=O)C(=O)O)C[C@@]1(C)O. The zero-order chi connectivity index (χ0) is 24.1. The first-order chi connectivity index (χ1) is 15.7. The van der Waals surface area contributed by atoms with Crippen molar-refractivity contribution in [2.24, 2.45) is 0 Å². The largest absolute Gasteiger partial charge is 0.473 e. The van der Waals surface area contributed by atoms with Gasteiger partial charge in [0, 0.05) is 24.9 Å². The van der Waals surface area contributed by atoms with Gasteiger partial charge in [-0.15, -0.1) is 4.65 Å². The van der Waals surface area contributed by atoms with Gasteiger partial charge in [0.25, 0.3) is 0 Å². The number of hydrogen-bond donors (Lipinski definition) is 2. The monoisotopic (exact) mass is 455 g/mol. The van der Waals surface area contributed by atoms with E-state index < -0.39 is 23.6 Å². The number of aliphatic hydroxyl groups is 1. The highest BCUT2D eigenvalue weighted by Gasteiger charge is 2.53. The third kappa shape index (κ3) is 5.77.